The van der Waals surface area contributed by atoms with Crippen molar-refractivity contribution >= 4 is 38.8 Å². The van der Waals surface area contributed by atoms with Crippen LogP contribution in [0.1, 0.15) is 0 Å². The first-order chi connectivity index (χ1) is 13.8. The Bertz CT molecular complexity index is 1450. The molecule has 0 aliphatic rings. The van der Waals surface area contributed by atoms with Gasteiger partial charge in [0.1, 0.15) is 0 Å². The second kappa shape index (κ2) is 5.72. The predicted octanol–water partition coefficient (Wildman–Crippen LogP) is 5.10. The van der Waals surface area contributed by atoms with Crippen LogP contribution in [-0.4, -0.2) is 24.6 Å². The third-order valence-electron chi connectivity index (χ3n) is 5.07. The Labute approximate surface area is 159 Å². The maximum atomic E-state index is 4.92. The van der Waals surface area contributed by atoms with Crippen LogP contribution in [0.25, 0.3) is 38.6 Å². The SMILES string of the molecule is c1cc2c(Nc3ccc4cc[nH]c4c3)nc(-c3ccc4cn[nH]c4c3)cn2c1. The summed E-state index contributed by atoms with van der Waals surface area (Å²) in [5, 5.41) is 12.9. The molecule has 0 aliphatic carbocycles. The maximum Gasteiger partial charge on any atom is 0.155 e. The van der Waals surface area contributed by atoms with Gasteiger partial charge in [-0.05, 0) is 41.8 Å². The van der Waals surface area contributed by atoms with Gasteiger partial charge in [-0.15, -0.1) is 0 Å². The van der Waals surface area contributed by atoms with E-state index >= 15 is 0 Å². The fourth-order valence-corrected chi connectivity index (χ4v) is 3.64. The van der Waals surface area contributed by atoms with Crippen molar-refractivity contribution in [3.8, 4) is 11.3 Å². The largest absolute Gasteiger partial charge is 0.361 e. The summed E-state index contributed by atoms with van der Waals surface area (Å²) >= 11 is 0. The fraction of sp³-hybridized carbons (Fsp3) is 0. The lowest BCUT2D eigenvalue weighted by Crippen LogP contribution is -1.99. The van der Waals surface area contributed by atoms with Crippen molar-refractivity contribution in [3.05, 3.63) is 79.4 Å². The summed E-state index contributed by atoms with van der Waals surface area (Å²) in [7, 11) is 0. The number of aromatic amines is 2. The molecule has 134 valence electrons. The van der Waals surface area contributed by atoms with Crippen LogP contribution in [0.3, 0.4) is 0 Å². The van der Waals surface area contributed by atoms with Gasteiger partial charge in [0.15, 0.2) is 5.82 Å². The highest BCUT2D eigenvalue weighted by Gasteiger charge is 2.10. The lowest BCUT2D eigenvalue weighted by Gasteiger charge is -2.11. The Kier molecular flexibility index (Phi) is 3.07. The Hall–Kier alpha value is -4.06. The molecule has 6 rings (SSSR count). The summed E-state index contributed by atoms with van der Waals surface area (Å²) < 4.78 is 2.09. The van der Waals surface area contributed by atoms with Crippen LogP contribution in [0.4, 0.5) is 11.5 Å². The van der Waals surface area contributed by atoms with E-state index in [1.165, 1.54) is 5.39 Å². The van der Waals surface area contributed by atoms with Gasteiger partial charge in [0, 0.05) is 40.7 Å². The van der Waals surface area contributed by atoms with Crippen molar-refractivity contribution in [1.82, 2.24) is 24.6 Å². The summed E-state index contributed by atoms with van der Waals surface area (Å²) in [6.07, 6.45) is 7.86. The Morgan fingerprint density at radius 1 is 0.929 bits per heavy atom. The number of H-pyrrole nitrogens is 2. The van der Waals surface area contributed by atoms with E-state index < -0.39 is 0 Å². The molecule has 28 heavy (non-hydrogen) atoms. The van der Waals surface area contributed by atoms with Gasteiger partial charge in [-0.3, -0.25) is 5.10 Å². The smallest absolute Gasteiger partial charge is 0.155 e. The number of nitrogens with one attached hydrogen (secondary N) is 3. The molecule has 6 nitrogen and oxygen atoms in total. The molecule has 0 saturated carbocycles. The van der Waals surface area contributed by atoms with Crippen LogP contribution in [0.5, 0.6) is 0 Å². The van der Waals surface area contributed by atoms with Gasteiger partial charge in [0.2, 0.25) is 0 Å². The molecular weight excluding hydrogens is 348 g/mol. The van der Waals surface area contributed by atoms with E-state index in [0.717, 1.165) is 44.7 Å². The third kappa shape index (κ3) is 2.35. The molecule has 6 aromatic rings. The van der Waals surface area contributed by atoms with Crippen molar-refractivity contribution in [2.75, 3.05) is 5.32 Å². The number of nitrogens with zero attached hydrogens (tertiary/aromatic N) is 3. The number of benzene rings is 2. The van der Waals surface area contributed by atoms with E-state index in [1.54, 1.807) is 0 Å². The Morgan fingerprint density at radius 2 is 1.89 bits per heavy atom. The predicted molar refractivity (Wildman–Crippen MR) is 112 cm³/mol. The van der Waals surface area contributed by atoms with Gasteiger partial charge in [-0.1, -0.05) is 18.2 Å². The van der Waals surface area contributed by atoms with Crippen LogP contribution in [0.2, 0.25) is 0 Å². The second-order valence-corrected chi connectivity index (χ2v) is 6.85. The maximum absolute atomic E-state index is 4.92. The van der Waals surface area contributed by atoms with E-state index in [2.05, 4.69) is 73.4 Å². The lowest BCUT2D eigenvalue weighted by atomic mass is 10.1. The molecule has 0 bridgehead atoms. The number of hydrogen-bond acceptors (Lipinski definition) is 3. The zero-order valence-electron chi connectivity index (χ0n) is 14.8. The van der Waals surface area contributed by atoms with Crippen molar-refractivity contribution < 1.29 is 0 Å². The van der Waals surface area contributed by atoms with Gasteiger partial charge in [-0.2, -0.15) is 5.10 Å². The molecule has 3 N–H and O–H groups in total. The van der Waals surface area contributed by atoms with Gasteiger partial charge < -0.3 is 14.7 Å². The van der Waals surface area contributed by atoms with Gasteiger partial charge in [0.25, 0.3) is 0 Å². The van der Waals surface area contributed by atoms with E-state index in [4.69, 9.17) is 4.98 Å². The number of anilines is 2. The monoisotopic (exact) mass is 364 g/mol. The van der Waals surface area contributed by atoms with Crippen LogP contribution in [0.15, 0.2) is 79.4 Å². The number of hydrogen-bond donors (Lipinski definition) is 3. The highest BCUT2D eigenvalue weighted by Crippen LogP contribution is 2.28. The van der Waals surface area contributed by atoms with Crippen LogP contribution < -0.4 is 5.32 Å². The van der Waals surface area contributed by atoms with Gasteiger partial charge in [0.05, 0.1) is 22.9 Å². The summed E-state index contributed by atoms with van der Waals surface area (Å²) in [6.45, 7) is 0. The lowest BCUT2D eigenvalue weighted by molar-refractivity contribution is 1.12. The molecule has 0 radical (unpaired) electrons. The minimum absolute atomic E-state index is 0.818. The van der Waals surface area contributed by atoms with Gasteiger partial charge >= 0.3 is 0 Å². The number of aromatic nitrogens is 5. The summed E-state index contributed by atoms with van der Waals surface area (Å²) in [5.41, 5.74) is 6.04. The standard InChI is InChI=1S/C22H16N6/c1-2-21-22(25-17-6-5-14-7-8-23-18(14)11-17)26-20(13-28(21)9-1)15-3-4-16-12-24-27-19(16)10-15/h1-13,23H,(H,24,27)(H,25,26). The fourth-order valence-electron chi connectivity index (χ4n) is 3.64. The normalized spacial score (nSPS) is 11.6. The van der Waals surface area contributed by atoms with E-state index in [9.17, 15) is 0 Å². The molecule has 0 unspecified atom stereocenters. The average molecular weight is 364 g/mol. The van der Waals surface area contributed by atoms with Crippen molar-refractivity contribution in [1.29, 1.82) is 0 Å². The highest BCUT2D eigenvalue weighted by molar-refractivity contribution is 5.86. The van der Waals surface area contributed by atoms with E-state index in [1.807, 2.05) is 30.9 Å². The molecule has 4 heterocycles. The van der Waals surface area contributed by atoms with Crippen molar-refractivity contribution in [2.24, 2.45) is 0 Å². The zero-order chi connectivity index (χ0) is 18.5. The van der Waals surface area contributed by atoms with E-state index in [-0.39, 0.29) is 0 Å². The first-order valence-corrected chi connectivity index (χ1v) is 9.09. The molecule has 0 saturated heterocycles. The molecule has 2 aromatic carbocycles. The molecule has 0 spiro atoms. The molecule has 6 heteroatoms. The first kappa shape index (κ1) is 15.0. The second-order valence-electron chi connectivity index (χ2n) is 6.85. The van der Waals surface area contributed by atoms with Crippen LogP contribution >= 0.6 is 0 Å². The molecule has 0 amide bonds. The molecule has 4 aromatic heterocycles. The Morgan fingerprint density at radius 3 is 2.89 bits per heavy atom. The minimum atomic E-state index is 0.818. The van der Waals surface area contributed by atoms with Crippen molar-refractivity contribution in [3.63, 3.8) is 0 Å². The van der Waals surface area contributed by atoms with Crippen LogP contribution in [-0.2, 0) is 0 Å². The molecule has 0 fully saturated rings. The van der Waals surface area contributed by atoms with Gasteiger partial charge in [-0.25, -0.2) is 4.98 Å². The molecular formula is C22H16N6. The molecule has 0 atom stereocenters. The summed E-state index contributed by atoms with van der Waals surface area (Å²) in [4.78, 5) is 8.18. The minimum Gasteiger partial charge on any atom is -0.361 e. The van der Waals surface area contributed by atoms with Crippen LogP contribution in [0, 0.1) is 0 Å². The summed E-state index contributed by atoms with van der Waals surface area (Å²) in [6, 6.07) is 18.6. The number of rotatable bonds is 3. The average Bonchev–Trinajstić information content (AvgIpc) is 3.46. The van der Waals surface area contributed by atoms with Crippen molar-refractivity contribution in [2.45, 2.75) is 0 Å². The Balaban J connectivity index is 1.48. The topological polar surface area (TPSA) is 73.8 Å². The first-order valence-electron chi connectivity index (χ1n) is 9.09. The quantitative estimate of drug-likeness (QED) is 0.409. The highest BCUT2D eigenvalue weighted by atomic mass is 15.1. The molecule has 0 aliphatic heterocycles. The third-order valence-corrected chi connectivity index (χ3v) is 5.07. The zero-order valence-corrected chi connectivity index (χ0v) is 14.8. The summed E-state index contributed by atoms with van der Waals surface area (Å²) in [5.74, 6) is 0.818. The number of fused-ring (bicyclic) bond motifs is 3. The van der Waals surface area contributed by atoms with E-state index in [0.29, 0.717) is 0 Å².